The highest BCUT2D eigenvalue weighted by atomic mass is 14.7. The van der Waals surface area contributed by atoms with E-state index in [9.17, 15) is 0 Å². The molecule has 54 heavy (non-hydrogen) atoms. The maximum atomic E-state index is 5.26. The number of para-hydroxylation sites is 1. The highest BCUT2D eigenvalue weighted by Crippen LogP contribution is 2.39. The van der Waals surface area contributed by atoms with Crippen LogP contribution in [-0.4, -0.2) is 15.0 Å². The zero-order valence-corrected chi connectivity index (χ0v) is 29.2. The van der Waals surface area contributed by atoms with Crippen LogP contribution in [0.25, 0.3) is 110 Å². The number of nitrogens with zero attached hydrogens (tertiary/aromatic N) is 3. The van der Waals surface area contributed by atoms with Gasteiger partial charge in [0.2, 0.25) is 0 Å². The van der Waals surface area contributed by atoms with Crippen LogP contribution in [0.5, 0.6) is 0 Å². The summed E-state index contributed by atoms with van der Waals surface area (Å²) in [5, 5.41) is 10.5. The summed E-state index contributed by atoms with van der Waals surface area (Å²) in [4.78, 5) is 15.6. The number of hydrogen-bond acceptors (Lipinski definition) is 3. The molecule has 0 spiro atoms. The molecule has 250 valence electrons. The molecule has 0 fully saturated rings. The van der Waals surface area contributed by atoms with Crippen LogP contribution in [0.2, 0.25) is 0 Å². The third kappa shape index (κ3) is 5.17. The predicted molar refractivity (Wildman–Crippen MR) is 227 cm³/mol. The Morgan fingerprint density at radius 1 is 0.241 bits per heavy atom. The van der Waals surface area contributed by atoms with Gasteiger partial charge in [0.1, 0.15) is 0 Å². The SMILES string of the molecule is c1ccc2cc3nc(-c4cc(-c5ccc6cc7ccccc7cc6n5)cc(-c5ccc(-c6ccc7ccccc7n6)c6ccccc56)c4)ccc3cc2c1. The Labute approximate surface area is 311 Å². The standard InChI is InChI=1S/C51H31N3/c1-3-12-35-30-50-37(25-33(35)10-1)18-22-47(53-50)40-27-39(28-41(29-40)48-23-19-38-26-34-11-2-4-13-36(34)31-51(38)54-48)42-20-21-45(44-15-7-6-14-43(42)44)49-24-17-32-9-5-8-16-46(32)52-49/h1-31H. The number of fused-ring (bicyclic) bond motifs is 6. The van der Waals surface area contributed by atoms with E-state index in [0.717, 1.165) is 83.0 Å². The molecule has 0 aliphatic rings. The fourth-order valence-corrected chi connectivity index (χ4v) is 8.01. The zero-order valence-electron chi connectivity index (χ0n) is 29.2. The molecule has 0 aliphatic carbocycles. The average Bonchev–Trinajstić information content (AvgIpc) is 3.23. The van der Waals surface area contributed by atoms with Crippen molar-refractivity contribution in [3.8, 4) is 44.9 Å². The molecular formula is C51H31N3. The summed E-state index contributed by atoms with van der Waals surface area (Å²) in [6.45, 7) is 0. The van der Waals surface area contributed by atoms with Crippen LogP contribution in [0.1, 0.15) is 0 Å². The van der Waals surface area contributed by atoms with Gasteiger partial charge in [0.25, 0.3) is 0 Å². The maximum absolute atomic E-state index is 5.26. The normalized spacial score (nSPS) is 11.7. The first-order chi connectivity index (χ1) is 26.7. The van der Waals surface area contributed by atoms with E-state index in [1.807, 2.05) is 6.07 Å². The number of rotatable bonds is 4. The van der Waals surface area contributed by atoms with Crippen molar-refractivity contribution in [3.63, 3.8) is 0 Å². The number of pyridine rings is 3. The summed E-state index contributed by atoms with van der Waals surface area (Å²) < 4.78 is 0. The van der Waals surface area contributed by atoms with Gasteiger partial charge in [-0.05, 0) is 110 Å². The van der Waals surface area contributed by atoms with Crippen LogP contribution in [0.4, 0.5) is 0 Å². The molecule has 3 heteroatoms. The predicted octanol–water partition coefficient (Wildman–Crippen LogP) is 13.5. The monoisotopic (exact) mass is 685 g/mol. The second-order valence-corrected chi connectivity index (χ2v) is 14.1. The van der Waals surface area contributed by atoms with Crippen molar-refractivity contribution in [3.05, 3.63) is 188 Å². The first-order valence-corrected chi connectivity index (χ1v) is 18.3. The van der Waals surface area contributed by atoms with Crippen LogP contribution in [0, 0.1) is 0 Å². The molecule has 0 saturated heterocycles. The Kier molecular flexibility index (Phi) is 6.86. The summed E-state index contributed by atoms with van der Waals surface area (Å²) in [5.74, 6) is 0. The van der Waals surface area contributed by atoms with Gasteiger partial charge in [0.15, 0.2) is 0 Å². The zero-order chi connectivity index (χ0) is 35.6. The van der Waals surface area contributed by atoms with E-state index in [1.165, 1.54) is 26.9 Å². The van der Waals surface area contributed by atoms with Gasteiger partial charge in [0, 0.05) is 32.8 Å². The Balaban J connectivity index is 1.12. The maximum Gasteiger partial charge on any atom is 0.0715 e. The van der Waals surface area contributed by atoms with E-state index >= 15 is 0 Å². The number of hydrogen-bond donors (Lipinski definition) is 0. The molecule has 8 aromatic carbocycles. The van der Waals surface area contributed by atoms with Crippen LogP contribution in [0.15, 0.2) is 188 Å². The van der Waals surface area contributed by atoms with E-state index in [0.29, 0.717) is 0 Å². The molecule has 0 radical (unpaired) electrons. The smallest absolute Gasteiger partial charge is 0.0715 e. The molecule has 3 nitrogen and oxygen atoms in total. The first-order valence-electron chi connectivity index (χ1n) is 18.3. The van der Waals surface area contributed by atoms with Crippen molar-refractivity contribution in [2.24, 2.45) is 0 Å². The summed E-state index contributed by atoms with van der Waals surface area (Å²) in [7, 11) is 0. The first kappa shape index (κ1) is 30.4. The van der Waals surface area contributed by atoms with E-state index in [1.54, 1.807) is 0 Å². The molecule has 0 amide bonds. The molecule has 11 rings (SSSR count). The topological polar surface area (TPSA) is 38.7 Å². The molecule has 0 unspecified atom stereocenters. The van der Waals surface area contributed by atoms with Crippen molar-refractivity contribution in [2.75, 3.05) is 0 Å². The molecule has 3 heterocycles. The van der Waals surface area contributed by atoms with E-state index < -0.39 is 0 Å². The van der Waals surface area contributed by atoms with Crippen molar-refractivity contribution < 1.29 is 0 Å². The molecule has 11 aromatic rings. The van der Waals surface area contributed by atoms with Crippen molar-refractivity contribution in [2.45, 2.75) is 0 Å². The lowest BCUT2D eigenvalue weighted by atomic mass is 9.90. The lowest BCUT2D eigenvalue weighted by molar-refractivity contribution is 1.38. The molecular weight excluding hydrogens is 655 g/mol. The summed E-state index contributed by atoms with van der Waals surface area (Å²) in [5.41, 5.74) is 11.2. The molecule has 3 aromatic heterocycles. The Morgan fingerprint density at radius 3 is 1.28 bits per heavy atom. The van der Waals surface area contributed by atoms with Crippen LogP contribution in [-0.2, 0) is 0 Å². The summed E-state index contributed by atoms with van der Waals surface area (Å²) in [6.07, 6.45) is 0. The summed E-state index contributed by atoms with van der Waals surface area (Å²) >= 11 is 0. The molecule has 0 bridgehead atoms. The van der Waals surface area contributed by atoms with Gasteiger partial charge in [-0.15, -0.1) is 0 Å². The third-order valence-electron chi connectivity index (χ3n) is 10.7. The van der Waals surface area contributed by atoms with Crippen LogP contribution >= 0.6 is 0 Å². The minimum absolute atomic E-state index is 0.925. The number of benzene rings is 8. The minimum Gasteiger partial charge on any atom is -0.248 e. The number of aromatic nitrogens is 3. The Bertz CT molecular complexity index is 3150. The van der Waals surface area contributed by atoms with E-state index in [-0.39, 0.29) is 0 Å². The highest BCUT2D eigenvalue weighted by Gasteiger charge is 2.15. The van der Waals surface area contributed by atoms with Gasteiger partial charge in [-0.3, -0.25) is 0 Å². The fraction of sp³-hybridized carbons (Fsp3) is 0. The van der Waals surface area contributed by atoms with Crippen molar-refractivity contribution in [1.29, 1.82) is 0 Å². The highest BCUT2D eigenvalue weighted by molar-refractivity contribution is 6.06. The molecule has 0 aliphatic heterocycles. The molecule has 0 atom stereocenters. The van der Waals surface area contributed by atoms with E-state index in [4.69, 9.17) is 15.0 Å². The quantitative estimate of drug-likeness (QED) is 0.173. The van der Waals surface area contributed by atoms with Crippen LogP contribution in [0.3, 0.4) is 0 Å². The molecule has 0 N–H and O–H groups in total. The van der Waals surface area contributed by atoms with Gasteiger partial charge in [-0.2, -0.15) is 0 Å². The Morgan fingerprint density at radius 2 is 0.667 bits per heavy atom. The average molecular weight is 686 g/mol. The third-order valence-corrected chi connectivity index (χ3v) is 10.7. The van der Waals surface area contributed by atoms with Crippen molar-refractivity contribution >= 4 is 65.0 Å². The molecule has 0 saturated carbocycles. The van der Waals surface area contributed by atoms with Gasteiger partial charge in [-0.1, -0.05) is 121 Å². The van der Waals surface area contributed by atoms with Gasteiger partial charge < -0.3 is 0 Å². The van der Waals surface area contributed by atoms with Gasteiger partial charge in [-0.25, -0.2) is 15.0 Å². The second kappa shape index (κ2) is 12.2. The van der Waals surface area contributed by atoms with Gasteiger partial charge >= 0.3 is 0 Å². The van der Waals surface area contributed by atoms with Gasteiger partial charge in [0.05, 0.1) is 33.6 Å². The minimum atomic E-state index is 0.925. The van der Waals surface area contributed by atoms with E-state index in [2.05, 4.69) is 182 Å². The lowest BCUT2D eigenvalue weighted by Gasteiger charge is -2.15. The van der Waals surface area contributed by atoms with Crippen LogP contribution < -0.4 is 0 Å². The summed E-state index contributed by atoms with van der Waals surface area (Å²) in [6, 6.07) is 67.0. The Hall–Kier alpha value is -7.23. The van der Waals surface area contributed by atoms with Crippen molar-refractivity contribution in [1.82, 2.24) is 15.0 Å². The second-order valence-electron chi connectivity index (χ2n) is 14.1. The fourth-order valence-electron chi connectivity index (χ4n) is 8.01. The lowest BCUT2D eigenvalue weighted by Crippen LogP contribution is -1.93. The largest absolute Gasteiger partial charge is 0.248 e.